The lowest BCUT2D eigenvalue weighted by atomic mass is 10.1. The number of carboxylic acid groups (broad SMARTS) is 1. The van der Waals surface area contributed by atoms with Gasteiger partial charge >= 0.3 is 18.3 Å². The van der Waals surface area contributed by atoms with Crippen molar-refractivity contribution in [2.75, 3.05) is 0 Å². The Morgan fingerprint density at radius 1 is 1.25 bits per heavy atom. The lowest BCUT2D eigenvalue weighted by Gasteiger charge is -2.12. The van der Waals surface area contributed by atoms with Crippen molar-refractivity contribution in [1.82, 2.24) is 4.98 Å². The van der Waals surface area contributed by atoms with E-state index in [2.05, 4.69) is 9.72 Å². The maximum absolute atomic E-state index is 13.8. The number of rotatable bonds is 5. The van der Waals surface area contributed by atoms with E-state index in [0.717, 1.165) is 19.1 Å². The molecule has 1 heterocycles. The van der Waals surface area contributed by atoms with Crippen LogP contribution in [0.1, 0.15) is 29.6 Å². The highest BCUT2D eigenvalue weighted by molar-refractivity contribution is 5.87. The predicted octanol–water partition coefficient (Wildman–Crippen LogP) is 4.44. The van der Waals surface area contributed by atoms with Gasteiger partial charge in [0.1, 0.15) is 5.75 Å². The van der Waals surface area contributed by atoms with Gasteiger partial charge in [-0.05, 0) is 12.1 Å². The standard InChI is InChI=1S/C14H10F5NO4/c1-2-13(15,16)10-9(12(21)22)20-11(23-10)7-5-3-4-6-8(7)24-14(17,18)19/h3-6H,2H2,1H3,(H,21,22). The Hall–Kier alpha value is -2.65. The molecule has 1 aromatic heterocycles. The second kappa shape index (κ2) is 6.10. The smallest absolute Gasteiger partial charge is 0.476 e. The molecular formula is C14H10F5NO4. The third kappa shape index (κ3) is 3.63. The van der Waals surface area contributed by atoms with E-state index in [1.807, 2.05) is 0 Å². The molecule has 5 nitrogen and oxygen atoms in total. The normalized spacial score (nSPS) is 12.2. The molecule has 0 radical (unpaired) electrons. The Labute approximate surface area is 131 Å². The quantitative estimate of drug-likeness (QED) is 0.806. The summed E-state index contributed by atoms with van der Waals surface area (Å²) >= 11 is 0. The van der Waals surface area contributed by atoms with Crippen molar-refractivity contribution in [2.24, 2.45) is 0 Å². The van der Waals surface area contributed by atoms with Crippen molar-refractivity contribution in [3.05, 3.63) is 35.7 Å². The van der Waals surface area contributed by atoms with Gasteiger partial charge in [-0.25, -0.2) is 9.78 Å². The van der Waals surface area contributed by atoms with Crippen LogP contribution in [0.2, 0.25) is 0 Å². The van der Waals surface area contributed by atoms with E-state index >= 15 is 0 Å². The first-order chi connectivity index (χ1) is 11.0. The van der Waals surface area contributed by atoms with Crippen LogP contribution in [-0.2, 0) is 5.92 Å². The van der Waals surface area contributed by atoms with E-state index in [1.54, 1.807) is 0 Å². The van der Waals surface area contributed by atoms with Crippen molar-refractivity contribution in [3.8, 4) is 17.2 Å². The number of ether oxygens (including phenoxy) is 1. The van der Waals surface area contributed by atoms with E-state index in [0.29, 0.717) is 0 Å². The molecule has 24 heavy (non-hydrogen) atoms. The fourth-order valence-electron chi connectivity index (χ4n) is 1.85. The molecule has 2 rings (SSSR count). The Kier molecular flexibility index (Phi) is 4.50. The SMILES string of the molecule is CCC(F)(F)c1oc(-c2ccccc2OC(F)(F)F)nc1C(=O)O. The van der Waals surface area contributed by atoms with Crippen molar-refractivity contribution in [2.45, 2.75) is 25.6 Å². The molecule has 0 bridgehead atoms. The summed E-state index contributed by atoms with van der Waals surface area (Å²) in [4.78, 5) is 14.5. The third-order valence-electron chi connectivity index (χ3n) is 2.95. The number of nitrogens with zero attached hydrogens (tertiary/aromatic N) is 1. The van der Waals surface area contributed by atoms with E-state index < -0.39 is 53.3 Å². The molecule has 0 saturated heterocycles. The second-order valence-corrected chi connectivity index (χ2v) is 4.60. The van der Waals surface area contributed by atoms with Crippen LogP contribution < -0.4 is 4.74 Å². The Morgan fingerprint density at radius 2 is 1.88 bits per heavy atom. The van der Waals surface area contributed by atoms with Crippen LogP contribution in [0, 0.1) is 0 Å². The van der Waals surface area contributed by atoms with Gasteiger partial charge in [0, 0.05) is 6.42 Å². The van der Waals surface area contributed by atoms with Crippen molar-refractivity contribution >= 4 is 5.97 Å². The largest absolute Gasteiger partial charge is 0.573 e. The number of hydrogen-bond donors (Lipinski definition) is 1. The molecule has 0 aliphatic heterocycles. The van der Waals surface area contributed by atoms with E-state index in [9.17, 15) is 26.7 Å². The molecule has 0 aliphatic carbocycles. The van der Waals surface area contributed by atoms with E-state index in [1.165, 1.54) is 12.1 Å². The first-order valence-corrected chi connectivity index (χ1v) is 6.52. The highest BCUT2D eigenvalue weighted by atomic mass is 19.4. The fraction of sp³-hybridized carbons (Fsp3) is 0.286. The van der Waals surface area contributed by atoms with Gasteiger partial charge in [-0.2, -0.15) is 8.78 Å². The Morgan fingerprint density at radius 3 is 2.42 bits per heavy atom. The van der Waals surface area contributed by atoms with Gasteiger partial charge < -0.3 is 14.3 Å². The molecule has 2 aromatic rings. The number of aromatic carboxylic acids is 1. The van der Waals surface area contributed by atoms with Gasteiger partial charge in [0.25, 0.3) is 0 Å². The van der Waals surface area contributed by atoms with Crippen molar-refractivity contribution in [3.63, 3.8) is 0 Å². The van der Waals surface area contributed by atoms with Crippen LogP contribution in [0.4, 0.5) is 22.0 Å². The van der Waals surface area contributed by atoms with Crippen LogP contribution in [0.3, 0.4) is 0 Å². The van der Waals surface area contributed by atoms with E-state index in [4.69, 9.17) is 9.52 Å². The molecule has 0 spiro atoms. The molecule has 130 valence electrons. The third-order valence-corrected chi connectivity index (χ3v) is 2.95. The molecule has 0 aliphatic rings. The zero-order valence-corrected chi connectivity index (χ0v) is 12.0. The minimum atomic E-state index is -5.03. The molecule has 0 fully saturated rings. The summed E-state index contributed by atoms with van der Waals surface area (Å²) in [5.41, 5.74) is -1.48. The van der Waals surface area contributed by atoms with Crippen LogP contribution in [0.25, 0.3) is 11.5 Å². The molecule has 0 unspecified atom stereocenters. The fourth-order valence-corrected chi connectivity index (χ4v) is 1.85. The second-order valence-electron chi connectivity index (χ2n) is 4.60. The number of alkyl halides is 5. The molecule has 10 heteroatoms. The van der Waals surface area contributed by atoms with Gasteiger partial charge in [-0.15, -0.1) is 13.2 Å². The van der Waals surface area contributed by atoms with Crippen LogP contribution >= 0.6 is 0 Å². The predicted molar refractivity (Wildman–Crippen MR) is 69.8 cm³/mol. The Balaban J connectivity index is 2.59. The minimum absolute atomic E-state index is 0.407. The van der Waals surface area contributed by atoms with Gasteiger partial charge in [0.15, 0.2) is 5.69 Å². The summed E-state index contributed by atoms with van der Waals surface area (Å²) in [6.45, 7) is 1.09. The van der Waals surface area contributed by atoms with Crippen LogP contribution in [0.15, 0.2) is 28.7 Å². The summed E-state index contributed by atoms with van der Waals surface area (Å²) < 4.78 is 73.4. The number of carboxylic acids is 1. The highest BCUT2D eigenvalue weighted by Crippen LogP contribution is 2.39. The topological polar surface area (TPSA) is 72.6 Å². The maximum atomic E-state index is 13.8. The lowest BCUT2D eigenvalue weighted by Crippen LogP contribution is -2.17. The minimum Gasteiger partial charge on any atom is -0.476 e. The van der Waals surface area contributed by atoms with E-state index in [-0.39, 0.29) is 0 Å². The zero-order valence-electron chi connectivity index (χ0n) is 12.0. The molecule has 1 aromatic carbocycles. The van der Waals surface area contributed by atoms with Gasteiger partial charge in [-0.3, -0.25) is 0 Å². The zero-order chi connectivity index (χ0) is 18.1. The number of halogens is 5. The number of carbonyl (C=O) groups is 1. The molecule has 0 amide bonds. The highest BCUT2D eigenvalue weighted by Gasteiger charge is 2.40. The van der Waals surface area contributed by atoms with Gasteiger partial charge in [0.05, 0.1) is 5.56 Å². The monoisotopic (exact) mass is 351 g/mol. The lowest BCUT2D eigenvalue weighted by molar-refractivity contribution is -0.274. The number of hydrogen-bond acceptors (Lipinski definition) is 4. The van der Waals surface area contributed by atoms with Crippen molar-refractivity contribution in [1.29, 1.82) is 0 Å². The first-order valence-electron chi connectivity index (χ1n) is 6.52. The Bertz CT molecular complexity index is 754. The summed E-state index contributed by atoms with van der Waals surface area (Å²) in [5.74, 6) is -8.12. The maximum Gasteiger partial charge on any atom is 0.573 e. The van der Waals surface area contributed by atoms with Crippen LogP contribution in [0.5, 0.6) is 5.75 Å². The number of oxazole rings is 1. The average molecular weight is 351 g/mol. The summed E-state index contributed by atoms with van der Waals surface area (Å²) in [6, 6.07) is 4.51. The summed E-state index contributed by atoms with van der Waals surface area (Å²) in [5, 5.41) is 8.97. The van der Waals surface area contributed by atoms with Crippen LogP contribution in [-0.4, -0.2) is 22.4 Å². The average Bonchev–Trinajstić information content (AvgIpc) is 2.92. The van der Waals surface area contributed by atoms with Gasteiger partial charge in [-0.1, -0.05) is 19.1 Å². The molecular weight excluding hydrogens is 341 g/mol. The summed E-state index contributed by atoms with van der Waals surface area (Å²) in [6.07, 6.45) is -5.81. The van der Waals surface area contributed by atoms with Gasteiger partial charge in [0.2, 0.25) is 11.7 Å². The number of para-hydroxylation sites is 1. The molecule has 0 atom stereocenters. The first kappa shape index (κ1) is 17.7. The number of benzene rings is 1. The molecule has 1 N–H and O–H groups in total. The van der Waals surface area contributed by atoms with Crippen molar-refractivity contribution < 1.29 is 41.0 Å². The summed E-state index contributed by atoms with van der Waals surface area (Å²) in [7, 11) is 0. The number of aromatic nitrogens is 1. The molecule has 0 saturated carbocycles.